The van der Waals surface area contributed by atoms with Gasteiger partial charge in [0.15, 0.2) is 0 Å². The summed E-state index contributed by atoms with van der Waals surface area (Å²) in [6.45, 7) is 4.37. The Morgan fingerprint density at radius 2 is 1.76 bits per heavy atom. The molecule has 0 spiro atoms. The molecule has 97 valence electrons. The summed E-state index contributed by atoms with van der Waals surface area (Å²) < 4.78 is 14.0. The van der Waals surface area contributed by atoms with E-state index in [-0.39, 0.29) is 6.42 Å². The maximum atomic E-state index is 11.3. The first-order chi connectivity index (χ1) is 7.85. The molecule has 1 radical (unpaired) electrons. The van der Waals surface area contributed by atoms with Gasteiger partial charge in [-0.1, -0.05) is 0 Å². The smallest absolute Gasteiger partial charge is 0.313 e. The lowest BCUT2D eigenvalue weighted by atomic mass is 10.2. The summed E-state index contributed by atoms with van der Waals surface area (Å²) in [6.07, 6.45) is -0.155. The second-order valence-electron chi connectivity index (χ2n) is 3.51. The molecule has 0 aromatic heterocycles. The predicted molar refractivity (Wildman–Crippen MR) is 57.7 cm³/mol. The predicted octanol–water partition coefficient (Wildman–Crippen LogP) is 0.637. The van der Waals surface area contributed by atoms with Gasteiger partial charge in [-0.2, -0.15) is 0 Å². The van der Waals surface area contributed by atoms with E-state index in [4.69, 9.17) is 9.47 Å². The van der Waals surface area contributed by atoms with Crippen LogP contribution in [0.4, 0.5) is 0 Å². The highest BCUT2D eigenvalue weighted by Crippen LogP contribution is 2.04. The van der Waals surface area contributed by atoms with Crippen molar-refractivity contribution in [1.82, 2.24) is 0 Å². The van der Waals surface area contributed by atoms with Crippen LogP contribution in [0.2, 0.25) is 0 Å². The molecule has 0 heterocycles. The zero-order chi connectivity index (χ0) is 13.4. The van der Waals surface area contributed by atoms with Crippen molar-refractivity contribution in [2.45, 2.75) is 39.4 Å². The van der Waals surface area contributed by atoms with E-state index in [1.54, 1.807) is 6.92 Å². The Kier molecular flexibility index (Phi) is 6.93. The van der Waals surface area contributed by atoms with Gasteiger partial charge in [0, 0.05) is 6.92 Å². The molecule has 0 aliphatic heterocycles. The van der Waals surface area contributed by atoms with Crippen molar-refractivity contribution in [1.29, 1.82) is 0 Å². The fourth-order valence-corrected chi connectivity index (χ4v) is 1.11. The number of methoxy groups -OCH3 is 1. The minimum absolute atomic E-state index is 0.0566. The Morgan fingerprint density at radius 3 is 2.24 bits per heavy atom. The SMILES string of the molecule is COC(=O)[CH]C(C)OC(=O)CC(C)OC(C)=O. The minimum atomic E-state index is -0.681. The molecule has 6 heteroatoms. The lowest BCUT2D eigenvalue weighted by Crippen LogP contribution is -2.24. The highest BCUT2D eigenvalue weighted by atomic mass is 16.6. The number of hydrogen-bond acceptors (Lipinski definition) is 6. The van der Waals surface area contributed by atoms with Crippen LogP contribution in [0.3, 0.4) is 0 Å². The van der Waals surface area contributed by atoms with Crippen LogP contribution >= 0.6 is 0 Å². The van der Waals surface area contributed by atoms with Gasteiger partial charge in [-0.15, -0.1) is 0 Å². The van der Waals surface area contributed by atoms with Gasteiger partial charge in [-0.3, -0.25) is 14.4 Å². The minimum Gasteiger partial charge on any atom is -0.469 e. The van der Waals surface area contributed by atoms with E-state index in [9.17, 15) is 14.4 Å². The molecule has 0 saturated heterocycles. The Morgan fingerprint density at radius 1 is 1.18 bits per heavy atom. The summed E-state index contributed by atoms with van der Waals surface area (Å²) >= 11 is 0. The quantitative estimate of drug-likeness (QED) is 0.504. The summed E-state index contributed by atoms with van der Waals surface area (Å²) in [5, 5.41) is 0. The van der Waals surface area contributed by atoms with Gasteiger partial charge in [-0.25, -0.2) is 0 Å². The van der Waals surface area contributed by atoms with E-state index in [1.165, 1.54) is 21.0 Å². The molecular formula is C11H17O6. The van der Waals surface area contributed by atoms with Crippen LogP contribution < -0.4 is 0 Å². The van der Waals surface area contributed by atoms with Crippen molar-refractivity contribution in [3.63, 3.8) is 0 Å². The van der Waals surface area contributed by atoms with Crippen LogP contribution in [0.25, 0.3) is 0 Å². The molecule has 0 rings (SSSR count). The fraction of sp³-hybridized carbons (Fsp3) is 0.636. The lowest BCUT2D eigenvalue weighted by Gasteiger charge is -2.14. The molecule has 6 nitrogen and oxygen atoms in total. The number of carbonyl (C=O) groups excluding carboxylic acids is 3. The van der Waals surface area contributed by atoms with Crippen LogP contribution in [0.15, 0.2) is 0 Å². The van der Waals surface area contributed by atoms with Crippen LogP contribution in [-0.4, -0.2) is 37.2 Å². The largest absolute Gasteiger partial charge is 0.469 e. The summed E-state index contributed by atoms with van der Waals surface area (Å²) in [7, 11) is 1.23. The second kappa shape index (κ2) is 7.65. The normalized spacial score (nSPS) is 13.4. The van der Waals surface area contributed by atoms with Crippen molar-refractivity contribution in [2.75, 3.05) is 7.11 Å². The first-order valence-electron chi connectivity index (χ1n) is 5.14. The zero-order valence-electron chi connectivity index (χ0n) is 10.4. The standard InChI is InChI=1S/C11H17O6/c1-7(16-9(3)12)6-11(14)17-8(2)5-10(13)15-4/h5,7-8H,6H2,1-4H3. The Balaban J connectivity index is 3.92. The maximum Gasteiger partial charge on any atom is 0.313 e. The molecule has 0 aliphatic carbocycles. The van der Waals surface area contributed by atoms with Gasteiger partial charge in [0.2, 0.25) is 0 Å². The average Bonchev–Trinajstić information content (AvgIpc) is 2.14. The van der Waals surface area contributed by atoms with Crippen LogP contribution in [0.1, 0.15) is 27.2 Å². The highest BCUT2D eigenvalue weighted by molar-refractivity contribution is 5.80. The van der Waals surface area contributed by atoms with Crippen molar-refractivity contribution >= 4 is 17.9 Å². The van der Waals surface area contributed by atoms with E-state index in [2.05, 4.69) is 4.74 Å². The monoisotopic (exact) mass is 245 g/mol. The van der Waals surface area contributed by atoms with E-state index in [0.717, 1.165) is 6.42 Å². The molecule has 0 fully saturated rings. The van der Waals surface area contributed by atoms with Crippen molar-refractivity contribution in [3.05, 3.63) is 6.42 Å². The van der Waals surface area contributed by atoms with Crippen molar-refractivity contribution in [2.24, 2.45) is 0 Å². The maximum absolute atomic E-state index is 11.3. The topological polar surface area (TPSA) is 78.9 Å². The summed E-state index contributed by atoms with van der Waals surface area (Å²) in [5.74, 6) is -1.58. The van der Waals surface area contributed by atoms with E-state index in [0.29, 0.717) is 0 Å². The Hall–Kier alpha value is -1.59. The van der Waals surface area contributed by atoms with Gasteiger partial charge < -0.3 is 14.2 Å². The molecule has 0 aromatic rings. The van der Waals surface area contributed by atoms with E-state index in [1.807, 2.05) is 0 Å². The number of hydrogen-bond donors (Lipinski definition) is 0. The van der Waals surface area contributed by atoms with Crippen molar-refractivity contribution < 1.29 is 28.6 Å². The third-order valence-electron chi connectivity index (χ3n) is 1.71. The van der Waals surface area contributed by atoms with E-state index >= 15 is 0 Å². The molecule has 0 saturated carbocycles. The van der Waals surface area contributed by atoms with Gasteiger partial charge in [-0.05, 0) is 13.8 Å². The zero-order valence-corrected chi connectivity index (χ0v) is 10.4. The molecule has 0 amide bonds. The first kappa shape index (κ1) is 15.4. The summed E-state index contributed by atoms with van der Waals surface area (Å²) in [4.78, 5) is 32.8. The molecule has 17 heavy (non-hydrogen) atoms. The summed E-state index contributed by atoms with van der Waals surface area (Å²) in [5.41, 5.74) is 0. The van der Waals surface area contributed by atoms with Gasteiger partial charge in [0.25, 0.3) is 0 Å². The first-order valence-corrected chi connectivity index (χ1v) is 5.14. The van der Waals surface area contributed by atoms with Gasteiger partial charge in [0.1, 0.15) is 18.6 Å². The molecule has 2 unspecified atom stereocenters. The van der Waals surface area contributed by atoms with E-state index < -0.39 is 30.1 Å². The molecule has 2 atom stereocenters. The average molecular weight is 245 g/mol. The fourth-order valence-electron chi connectivity index (χ4n) is 1.11. The lowest BCUT2D eigenvalue weighted by molar-refractivity contribution is -0.154. The van der Waals surface area contributed by atoms with Crippen molar-refractivity contribution in [3.8, 4) is 0 Å². The Bertz CT molecular complexity index is 286. The van der Waals surface area contributed by atoms with Crippen LogP contribution in [0, 0.1) is 6.42 Å². The van der Waals surface area contributed by atoms with Gasteiger partial charge >= 0.3 is 17.9 Å². The number of rotatable bonds is 6. The number of esters is 3. The molecule has 0 bridgehead atoms. The highest BCUT2D eigenvalue weighted by Gasteiger charge is 2.17. The number of ether oxygens (including phenoxy) is 3. The van der Waals surface area contributed by atoms with Gasteiger partial charge in [0.05, 0.1) is 13.5 Å². The Labute approximate surface area is 100 Å². The molecule has 0 aromatic carbocycles. The number of carbonyl (C=O) groups is 3. The van der Waals surface area contributed by atoms with Crippen LogP contribution in [-0.2, 0) is 28.6 Å². The third kappa shape index (κ3) is 8.24. The molecular weight excluding hydrogens is 228 g/mol. The molecule has 0 N–H and O–H groups in total. The third-order valence-corrected chi connectivity index (χ3v) is 1.71. The van der Waals surface area contributed by atoms with Crippen LogP contribution in [0.5, 0.6) is 0 Å². The summed E-state index contributed by atoms with van der Waals surface area (Å²) in [6, 6.07) is 0. The second-order valence-corrected chi connectivity index (χ2v) is 3.51. The molecule has 0 aliphatic rings.